The third-order valence-electron chi connectivity index (χ3n) is 3.31. The van der Waals surface area contributed by atoms with Crippen LogP contribution in [0, 0.1) is 0 Å². The van der Waals surface area contributed by atoms with Crippen molar-refractivity contribution in [1.29, 1.82) is 0 Å². The van der Waals surface area contributed by atoms with E-state index in [0.717, 1.165) is 48.1 Å². The van der Waals surface area contributed by atoms with Crippen LogP contribution in [-0.4, -0.2) is 31.2 Å². The highest BCUT2D eigenvalue weighted by Gasteiger charge is 2.20. The number of methoxy groups -OCH3 is 1. The highest BCUT2D eigenvalue weighted by Crippen LogP contribution is 2.26. The minimum atomic E-state index is 0.410. The molecule has 0 aliphatic carbocycles. The Morgan fingerprint density at radius 3 is 2.35 bits per heavy atom. The van der Waals surface area contributed by atoms with Crippen LogP contribution in [0.5, 0.6) is 0 Å². The van der Waals surface area contributed by atoms with Gasteiger partial charge in [0.2, 0.25) is 0 Å². The first-order chi connectivity index (χ1) is 8.20. The van der Waals surface area contributed by atoms with Crippen molar-refractivity contribution < 1.29 is 4.74 Å². The average molecular weight is 274 g/mol. The Hall–Kier alpha value is -0.280. The lowest BCUT2D eigenvalue weighted by Gasteiger charge is -2.31. The second kappa shape index (κ2) is 6.05. The van der Waals surface area contributed by atoms with E-state index < -0.39 is 0 Å². The Labute approximate surface area is 112 Å². The number of hydrogen-bond donors (Lipinski definition) is 0. The van der Waals surface area contributed by atoms with Gasteiger partial charge in [0, 0.05) is 42.4 Å². The lowest BCUT2D eigenvalue weighted by molar-refractivity contribution is 0.0389. The van der Waals surface area contributed by atoms with E-state index in [4.69, 9.17) is 27.9 Å². The fourth-order valence-electron chi connectivity index (χ4n) is 2.21. The molecule has 0 radical (unpaired) electrons. The molecule has 1 heterocycles. The number of hydrogen-bond acceptors (Lipinski definition) is 2. The minimum Gasteiger partial charge on any atom is -0.381 e. The second-order valence-corrected chi connectivity index (χ2v) is 5.23. The van der Waals surface area contributed by atoms with Gasteiger partial charge >= 0.3 is 0 Å². The molecule has 1 aromatic rings. The van der Waals surface area contributed by atoms with E-state index in [9.17, 15) is 0 Å². The van der Waals surface area contributed by atoms with Crippen molar-refractivity contribution in [1.82, 2.24) is 4.90 Å². The molecule has 1 saturated heterocycles. The first kappa shape index (κ1) is 13.2. The normalized spacial score (nSPS) is 18.5. The summed E-state index contributed by atoms with van der Waals surface area (Å²) in [6.45, 7) is 2.91. The first-order valence-electron chi connectivity index (χ1n) is 5.88. The maximum absolute atomic E-state index is 6.17. The Morgan fingerprint density at radius 2 is 1.82 bits per heavy atom. The largest absolute Gasteiger partial charge is 0.381 e. The lowest BCUT2D eigenvalue weighted by atomic mass is 10.1. The zero-order valence-corrected chi connectivity index (χ0v) is 11.5. The number of rotatable bonds is 3. The summed E-state index contributed by atoms with van der Waals surface area (Å²) in [7, 11) is 1.78. The molecule has 1 aliphatic heterocycles. The quantitative estimate of drug-likeness (QED) is 0.835. The van der Waals surface area contributed by atoms with Crippen molar-refractivity contribution in [3.05, 3.63) is 33.8 Å². The predicted octanol–water partition coefficient (Wildman–Crippen LogP) is 3.60. The van der Waals surface area contributed by atoms with E-state index in [2.05, 4.69) is 4.90 Å². The van der Waals surface area contributed by atoms with Gasteiger partial charge in [0.05, 0.1) is 6.10 Å². The summed E-state index contributed by atoms with van der Waals surface area (Å²) in [5.74, 6) is 0. The highest BCUT2D eigenvalue weighted by atomic mass is 35.5. The second-order valence-electron chi connectivity index (χ2n) is 4.41. The monoisotopic (exact) mass is 273 g/mol. The number of benzene rings is 1. The molecular weight excluding hydrogens is 257 g/mol. The SMILES string of the molecule is COC1CCN(Cc2c(Cl)cccc2Cl)CC1. The molecule has 2 nitrogen and oxygen atoms in total. The van der Waals surface area contributed by atoms with Gasteiger partial charge in [-0.15, -0.1) is 0 Å². The number of ether oxygens (including phenoxy) is 1. The standard InChI is InChI=1S/C13H17Cl2NO/c1-17-10-5-7-16(8-6-10)9-11-12(14)3-2-4-13(11)15/h2-4,10H,5-9H2,1H3. The molecule has 0 unspecified atom stereocenters. The first-order valence-corrected chi connectivity index (χ1v) is 6.64. The summed E-state index contributed by atoms with van der Waals surface area (Å²) in [5, 5.41) is 1.51. The highest BCUT2D eigenvalue weighted by molar-refractivity contribution is 6.35. The summed E-state index contributed by atoms with van der Waals surface area (Å²) >= 11 is 12.3. The Morgan fingerprint density at radius 1 is 1.24 bits per heavy atom. The van der Waals surface area contributed by atoms with Crippen molar-refractivity contribution >= 4 is 23.2 Å². The summed E-state index contributed by atoms with van der Waals surface area (Å²) in [5.41, 5.74) is 1.03. The predicted molar refractivity (Wildman–Crippen MR) is 71.8 cm³/mol. The maximum atomic E-state index is 6.17. The number of likely N-dealkylation sites (tertiary alicyclic amines) is 1. The van der Waals surface area contributed by atoms with Gasteiger partial charge in [-0.1, -0.05) is 29.3 Å². The van der Waals surface area contributed by atoms with Gasteiger partial charge < -0.3 is 4.74 Å². The average Bonchev–Trinajstić information content (AvgIpc) is 2.35. The van der Waals surface area contributed by atoms with E-state index in [1.807, 2.05) is 18.2 Å². The molecule has 0 amide bonds. The third kappa shape index (κ3) is 3.35. The zero-order chi connectivity index (χ0) is 12.3. The lowest BCUT2D eigenvalue weighted by Crippen LogP contribution is -2.36. The molecule has 1 aliphatic rings. The molecule has 0 N–H and O–H groups in total. The number of nitrogens with zero attached hydrogens (tertiary/aromatic N) is 1. The van der Waals surface area contributed by atoms with Gasteiger partial charge in [0.1, 0.15) is 0 Å². The van der Waals surface area contributed by atoms with Crippen LogP contribution in [0.4, 0.5) is 0 Å². The molecule has 17 heavy (non-hydrogen) atoms. The summed E-state index contributed by atoms with van der Waals surface area (Å²) < 4.78 is 5.36. The van der Waals surface area contributed by atoms with Crippen molar-refractivity contribution in [2.24, 2.45) is 0 Å². The van der Waals surface area contributed by atoms with Gasteiger partial charge in [0.25, 0.3) is 0 Å². The molecule has 2 rings (SSSR count). The molecule has 0 atom stereocenters. The van der Waals surface area contributed by atoms with Crippen LogP contribution in [0.25, 0.3) is 0 Å². The van der Waals surface area contributed by atoms with Crippen LogP contribution in [0.1, 0.15) is 18.4 Å². The van der Waals surface area contributed by atoms with Gasteiger partial charge in [-0.2, -0.15) is 0 Å². The molecule has 0 spiro atoms. The molecule has 0 aromatic heterocycles. The van der Waals surface area contributed by atoms with Crippen molar-refractivity contribution in [2.75, 3.05) is 20.2 Å². The fraction of sp³-hybridized carbons (Fsp3) is 0.538. The summed E-state index contributed by atoms with van der Waals surface area (Å²) in [6.07, 6.45) is 2.57. The van der Waals surface area contributed by atoms with Crippen molar-refractivity contribution in [3.8, 4) is 0 Å². The molecule has 0 bridgehead atoms. The molecule has 94 valence electrons. The Bertz CT molecular complexity index is 355. The van der Waals surface area contributed by atoms with Crippen LogP contribution >= 0.6 is 23.2 Å². The van der Waals surface area contributed by atoms with Gasteiger partial charge in [-0.25, -0.2) is 0 Å². The van der Waals surface area contributed by atoms with Crippen LogP contribution in [0.2, 0.25) is 10.0 Å². The topological polar surface area (TPSA) is 12.5 Å². The zero-order valence-electron chi connectivity index (χ0n) is 9.96. The maximum Gasteiger partial charge on any atom is 0.0595 e. The Balaban J connectivity index is 1.98. The minimum absolute atomic E-state index is 0.410. The third-order valence-corrected chi connectivity index (χ3v) is 4.02. The van der Waals surface area contributed by atoms with Crippen LogP contribution < -0.4 is 0 Å². The summed E-state index contributed by atoms with van der Waals surface area (Å²) in [6, 6.07) is 5.67. The number of piperidine rings is 1. The molecular formula is C13H17Cl2NO. The Kier molecular flexibility index (Phi) is 4.69. The molecule has 1 fully saturated rings. The van der Waals surface area contributed by atoms with Crippen LogP contribution in [0.15, 0.2) is 18.2 Å². The van der Waals surface area contributed by atoms with Crippen LogP contribution in [0.3, 0.4) is 0 Å². The van der Waals surface area contributed by atoms with E-state index in [1.165, 1.54) is 0 Å². The van der Waals surface area contributed by atoms with Gasteiger partial charge in [-0.3, -0.25) is 4.90 Å². The number of halogens is 2. The molecule has 1 aromatic carbocycles. The van der Waals surface area contributed by atoms with Gasteiger partial charge in [-0.05, 0) is 25.0 Å². The molecule has 0 saturated carbocycles. The molecule has 4 heteroatoms. The van der Waals surface area contributed by atoms with Crippen molar-refractivity contribution in [2.45, 2.75) is 25.5 Å². The van der Waals surface area contributed by atoms with Crippen molar-refractivity contribution in [3.63, 3.8) is 0 Å². The van der Waals surface area contributed by atoms with Gasteiger partial charge in [0.15, 0.2) is 0 Å². The fourth-order valence-corrected chi connectivity index (χ4v) is 2.73. The van der Waals surface area contributed by atoms with E-state index >= 15 is 0 Å². The summed E-state index contributed by atoms with van der Waals surface area (Å²) in [4.78, 5) is 2.38. The van der Waals surface area contributed by atoms with E-state index in [0.29, 0.717) is 6.10 Å². The van der Waals surface area contributed by atoms with E-state index in [1.54, 1.807) is 7.11 Å². The van der Waals surface area contributed by atoms with E-state index in [-0.39, 0.29) is 0 Å². The smallest absolute Gasteiger partial charge is 0.0595 e. The van der Waals surface area contributed by atoms with Crippen LogP contribution in [-0.2, 0) is 11.3 Å².